The second-order valence-corrected chi connectivity index (χ2v) is 5.05. The number of hydrogen-bond donors (Lipinski definition) is 1. The molecule has 0 saturated carbocycles. The van der Waals surface area contributed by atoms with Crippen LogP contribution in [-0.4, -0.2) is 10.7 Å². The highest BCUT2D eigenvalue weighted by Gasteiger charge is 2.20. The highest BCUT2D eigenvalue weighted by atomic mass is 79.9. The number of aryl methyl sites for hydroxylation is 1. The first-order chi connectivity index (χ1) is 7.43. The van der Waals surface area contributed by atoms with E-state index in [4.69, 9.17) is 0 Å². The summed E-state index contributed by atoms with van der Waals surface area (Å²) in [7, 11) is 0. The van der Waals surface area contributed by atoms with E-state index >= 15 is 0 Å². The van der Waals surface area contributed by atoms with E-state index in [0.29, 0.717) is 0 Å². The van der Waals surface area contributed by atoms with Crippen LogP contribution in [0.1, 0.15) is 19.4 Å². The fraction of sp³-hybridized carbons (Fsp3) is 0.417. The van der Waals surface area contributed by atoms with E-state index in [0.717, 1.165) is 5.56 Å². The highest BCUT2D eigenvalue weighted by Crippen LogP contribution is 2.21. The molecule has 1 unspecified atom stereocenters. The van der Waals surface area contributed by atoms with Gasteiger partial charge in [0.15, 0.2) is 0 Å². The summed E-state index contributed by atoms with van der Waals surface area (Å²) in [4.78, 5) is 11.4. The standard InChI is InChI=1S/C12H15BrFNO/c1-7(2)10(13)12(16)15-11-8(3)5-4-6-9(11)14/h4-7,10H,1-3H3,(H,15,16). The largest absolute Gasteiger partial charge is 0.322 e. The van der Waals surface area contributed by atoms with Crippen LogP contribution in [-0.2, 0) is 4.79 Å². The summed E-state index contributed by atoms with van der Waals surface area (Å²) < 4.78 is 13.4. The van der Waals surface area contributed by atoms with Crippen LogP contribution in [0.4, 0.5) is 10.1 Å². The lowest BCUT2D eigenvalue weighted by atomic mass is 10.1. The Labute approximate surface area is 103 Å². The number of benzene rings is 1. The minimum Gasteiger partial charge on any atom is -0.322 e. The molecule has 0 spiro atoms. The molecular weight excluding hydrogens is 273 g/mol. The number of carbonyl (C=O) groups is 1. The van der Waals surface area contributed by atoms with Crippen molar-refractivity contribution in [3.8, 4) is 0 Å². The minimum atomic E-state index is -0.406. The van der Waals surface area contributed by atoms with E-state index in [1.807, 2.05) is 13.8 Å². The van der Waals surface area contributed by atoms with Crippen LogP contribution >= 0.6 is 15.9 Å². The van der Waals surface area contributed by atoms with Crippen molar-refractivity contribution in [1.82, 2.24) is 0 Å². The van der Waals surface area contributed by atoms with Crippen molar-refractivity contribution < 1.29 is 9.18 Å². The minimum absolute atomic E-state index is 0.159. The van der Waals surface area contributed by atoms with Crippen molar-refractivity contribution >= 4 is 27.5 Å². The van der Waals surface area contributed by atoms with Gasteiger partial charge < -0.3 is 5.32 Å². The Hall–Kier alpha value is -0.900. The Morgan fingerprint density at radius 1 is 1.44 bits per heavy atom. The van der Waals surface area contributed by atoms with Gasteiger partial charge in [-0.05, 0) is 24.5 Å². The van der Waals surface area contributed by atoms with Crippen molar-refractivity contribution in [2.75, 3.05) is 5.32 Å². The second-order valence-electron chi connectivity index (χ2n) is 4.07. The van der Waals surface area contributed by atoms with E-state index < -0.39 is 5.82 Å². The highest BCUT2D eigenvalue weighted by molar-refractivity contribution is 9.10. The fourth-order valence-electron chi connectivity index (χ4n) is 1.29. The number of hydrogen-bond acceptors (Lipinski definition) is 1. The average molecular weight is 288 g/mol. The first kappa shape index (κ1) is 13.2. The molecule has 1 N–H and O–H groups in total. The SMILES string of the molecule is Cc1cccc(F)c1NC(=O)C(Br)C(C)C. The first-order valence-corrected chi connectivity index (χ1v) is 6.05. The van der Waals surface area contributed by atoms with Crippen LogP contribution in [0.25, 0.3) is 0 Å². The number of amides is 1. The molecule has 16 heavy (non-hydrogen) atoms. The summed E-state index contributed by atoms with van der Waals surface area (Å²) in [6.45, 7) is 5.61. The van der Waals surface area contributed by atoms with Crippen LogP contribution in [0.2, 0.25) is 0 Å². The third kappa shape index (κ3) is 3.04. The van der Waals surface area contributed by atoms with Gasteiger partial charge in [-0.25, -0.2) is 4.39 Å². The fourth-order valence-corrected chi connectivity index (χ4v) is 1.40. The van der Waals surface area contributed by atoms with Crippen LogP contribution in [0.15, 0.2) is 18.2 Å². The molecule has 0 fully saturated rings. The van der Waals surface area contributed by atoms with E-state index in [1.54, 1.807) is 19.1 Å². The zero-order valence-electron chi connectivity index (χ0n) is 9.55. The molecule has 0 saturated heterocycles. The van der Waals surface area contributed by atoms with Gasteiger partial charge in [0.05, 0.1) is 10.5 Å². The van der Waals surface area contributed by atoms with Crippen molar-refractivity contribution in [3.63, 3.8) is 0 Å². The van der Waals surface area contributed by atoms with Crippen molar-refractivity contribution in [1.29, 1.82) is 0 Å². The summed E-state index contributed by atoms with van der Waals surface area (Å²) in [5.74, 6) is -0.466. The van der Waals surface area contributed by atoms with Crippen molar-refractivity contribution in [3.05, 3.63) is 29.6 Å². The molecule has 0 bridgehead atoms. The molecule has 1 aromatic carbocycles. The lowest BCUT2D eigenvalue weighted by Crippen LogP contribution is -2.27. The molecule has 1 rings (SSSR count). The Balaban J connectivity index is 2.85. The van der Waals surface area contributed by atoms with Gasteiger partial charge >= 0.3 is 0 Å². The van der Waals surface area contributed by atoms with Gasteiger partial charge in [-0.1, -0.05) is 41.9 Å². The van der Waals surface area contributed by atoms with Gasteiger partial charge in [-0.2, -0.15) is 0 Å². The molecule has 0 aromatic heterocycles. The maximum Gasteiger partial charge on any atom is 0.238 e. The van der Waals surface area contributed by atoms with Crippen LogP contribution < -0.4 is 5.32 Å². The molecule has 88 valence electrons. The van der Waals surface area contributed by atoms with Gasteiger partial charge in [-0.15, -0.1) is 0 Å². The smallest absolute Gasteiger partial charge is 0.238 e. The third-order valence-electron chi connectivity index (χ3n) is 2.31. The summed E-state index contributed by atoms with van der Waals surface area (Å²) >= 11 is 3.28. The molecule has 1 atom stereocenters. The summed E-state index contributed by atoms with van der Waals surface area (Å²) in [6, 6.07) is 4.72. The van der Waals surface area contributed by atoms with Crippen LogP contribution in [0.5, 0.6) is 0 Å². The number of carbonyl (C=O) groups excluding carboxylic acids is 1. The predicted molar refractivity (Wildman–Crippen MR) is 67.3 cm³/mol. The lowest BCUT2D eigenvalue weighted by Gasteiger charge is -2.15. The quantitative estimate of drug-likeness (QED) is 0.847. The molecule has 1 amide bonds. The zero-order valence-corrected chi connectivity index (χ0v) is 11.1. The molecule has 4 heteroatoms. The second kappa shape index (κ2) is 5.43. The Morgan fingerprint density at radius 2 is 2.06 bits per heavy atom. The van der Waals surface area contributed by atoms with Crippen LogP contribution in [0, 0.1) is 18.7 Å². The number of para-hydroxylation sites is 1. The summed E-state index contributed by atoms with van der Waals surface area (Å²) in [6.07, 6.45) is 0. The molecule has 2 nitrogen and oxygen atoms in total. The van der Waals surface area contributed by atoms with Crippen LogP contribution in [0.3, 0.4) is 0 Å². The molecular formula is C12H15BrFNO. The summed E-state index contributed by atoms with van der Waals surface area (Å²) in [5.41, 5.74) is 0.981. The molecule has 0 aliphatic carbocycles. The Bertz CT molecular complexity index is 372. The normalized spacial score (nSPS) is 12.6. The predicted octanol–water partition coefficient (Wildman–Crippen LogP) is 3.49. The monoisotopic (exact) mass is 287 g/mol. The van der Waals surface area contributed by atoms with Gasteiger partial charge in [0.1, 0.15) is 5.82 Å². The lowest BCUT2D eigenvalue weighted by molar-refractivity contribution is -0.116. The topological polar surface area (TPSA) is 29.1 Å². The van der Waals surface area contributed by atoms with E-state index in [9.17, 15) is 9.18 Å². The maximum absolute atomic E-state index is 13.4. The van der Waals surface area contributed by atoms with E-state index in [1.165, 1.54) is 6.07 Å². The van der Waals surface area contributed by atoms with Gasteiger partial charge in [0.25, 0.3) is 0 Å². The number of anilines is 1. The Morgan fingerprint density at radius 3 is 2.56 bits per heavy atom. The van der Waals surface area contributed by atoms with Crippen molar-refractivity contribution in [2.45, 2.75) is 25.6 Å². The first-order valence-electron chi connectivity index (χ1n) is 5.13. The number of nitrogens with one attached hydrogen (secondary N) is 1. The zero-order chi connectivity index (χ0) is 12.3. The molecule has 0 aliphatic heterocycles. The third-order valence-corrected chi connectivity index (χ3v) is 3.78. The van der Waals surface area contributed by atoms with Gasteiger partial charge in [0, 0.05) is 0 Å². The molecule has 1 aromatic rings. The maximum atomic E-state index is 13.4. The molecule has 0 radical (unpaired) electrons. The van der Waals surface area contributed by atoms with E-state index in [2.05, 4.69) is 21.2 Å². The summed E-state index contributed by atoms with van der Waals surface area (Å²) in [5, 5.41) is 2.60. The number of alkyl halides is 1. The number of rotatable bonds is 3. The van der Waals surface area contributed by atoms with Gasteiger partial charge in [0.2, 0.25) is 5.91 Å². The van der Waals surface area contributed by atoms with Gasteiger partial charge in [-0.3, -0.25) is 4.79 Å². The number of halogens is 2. The molecule has 0 heterocycles. The van der Waals surface area contributed by atoms with E-state index in [-0.39, 0.29) is 22.3 Å². The molecule has 0 aliphatic rings. The van der Waals surface area contributed by atoms with Crippen molar-refractivity contribution in [2.24, 2.45) is 5.92 Å². The Kier molecular flexibility index (Phi) is 4.47. The average Bonchev–Trinajstić information content (AvgIpc) is 2.22.